The van der Waals surface area contributed by atoms with Gasteiger partial charge >= 0.3 is 0 Å². The fourth-order valence-corrected chi connectivity index (χ4v) is 4.18. The molecule has 5 rings (SSSR count). The third-order valence-corrected chi connectivity index (χ3v) is 5.80. The molecule has 138 valence electrons. The summed E-state index contributed by atoms with van der Waals surface area (Å²) >= 11 is 12.2. The monoisotopic (exact) mass is 404 g/mol. The SMILES string of the molecule is Clc1ccc(C2Nc3ccc4ccccc4c3C(c3ccc(Cl)cc3)N2)cc1. The van der Waals surface area contributed by atoms with E-state index in [1.807, 2.05) is 24.3 Å². The molecule has 0 bridgehead atoms. The zero-order chi connectivity index (χ0) is 19.1. The molecular formula is C24H18Cl2N2. The van der Waals surface area contributed by atoms with E-state index in [2.05, 4.69) is 71.3 Å². The highest BCUT2D eigenvalue weighted by molar-refractivity contribution is 6.30. The Bertz CT molecular complexity index is 1140. The van der Waals surface area contributed by atoms with Gasteiger partial charge in [0.1, 0.15) is 6.17 Å². The van der Waals surface area contributed by atoms with E-state index < -0.39 is 0 Å². The molecule has 0 fully saturated rings. The van der Waals surface area contributed by atoms with E-state index >= 15 is 0 Å². The lowest BCUT2D eigenvalue weighted by Gasteiger charge is -2.36. The Morgan fingerprint density at radius 2 is 1.29 bits per heavy atom. The largest absolute Gasteiger partial charge is 0.366 e. The summed E-state index contributed by atoms with van der Waals surface area (Å²) < 4.78 is 0. The molecule has 4 aromatic rings. The van der Waals surface area contributed by atoms with Gasteiger partial charge in [-0.2, -0.15) is 0 Å². The number of nitrogens with one attached hydrogen (secondary N) is 2. The van der Waals surface area contributed by atoms with Crippen molar-refractivity contribution in [2.24, 2.45) is 0 Å². The van der Waals surface area contributed by atoms with Gasteiger partial charge in [-0.15, -0.1) is 0 Å². The molecule has 28 heavy (non-hydrogen) atoms. The molecule has 2 atom stereocenters. The Kier molecular flexibility index (Phi) is 4.48. The summed E-state index contributed by atoms with van der Waals surface area (Å²) in [4.78, 5) is 0. The molecular weight excluding hydrogens is 387 g/mol. The van der Waals surface area contributed by atoms with Crippen LogP contribution in [-0.4, -0.2) is 0 Å². The maximum Gasteiger partial charge on any atom is 0.104 e. The summed E-state index contributed by atoms with van der Waals surface area (Å²) in [5.41, 5.74) is 4.72. The number of hydrogen-bond acceptors (Lipinski definition) is 2. The van der Waals surface area contributed by atoms with E-state index in [1.165, 1.54) is 21.9 Å². The lowest BCUT2D eigenvalue weighted by molar-refractivity contribution is 0.509. The van der Waals surface area contributed by atoms with Crippen LogP contribution in [0, 0.1) is 0 Å². The van der Waals surface area contributed by atoms with Crippen LogP contribution in [-0.2, 0) is 0 Å². The van der Waals surface area contributed by atoms with E-state index in [9.17, 15) is 0 Å². The van der Waals surface area contributed by atoms with Crippen molar-refractivity contribution in [3.05, 3.63) is 112 Å². The Hall–Kier alpha value is -2.52. The maximum absolute atomic E-state index is 6.14. The third-order valence-electron chi connectivity index (χ3n) is 5.30. The van der Waals surface area contributed by atoms with Gasteiger partial charge in [-0.05, 0) is 52.2 Å². The molecule has 0 aromatic heterocycles. The number of rotatable bonds is 2. The van der Waals surface area contributed by atoms with Gasteiger partial charge in [-0.1, -0.05) is 77.8 Å². The molecule has 0 saturated carbocycles. The molecule has 1 aliphatic heterocycles. The minimum atomic E-state index is -0.0217. The van der Waals surface area contributed by atoms with E-state index in [-0.39, 0.29) is 12.2 Å². The average Bonchev–Trinajstić information content (AvgIpc) is 2.74. The van der Waals surface area contributed by atoms with Crippen molar-refractivity contribution in [1.82, 2.24) is 5.32 Å². The second kappa shape index (κ2) is 7.14. The Balaban J connectivity index is 1.67. The smallest absolute Gasteiger partial charge is 0.104 e. The summed E-state index contributed by atoms with van der Waals surface area (Å²) in [7, 11) is 0. The van der Waals surface area contributed by atoms with Gasteiger partial charge in [0.15, 0.2) is 0 Å². The molecule has 1 aliphatic rings. The van der Waals surface area contributed by atoms with E-state index in [4.69, 9.17) is 23.2 Å². The van der Waals surface area contributed by atoms with E-state index in [0.29, 0.717) is 0 Å². The Labute approximate surface area is 174 Å². The van der Waals surface area contributed by atoms with Gasteiger partial charge in [0.2, 0.25) is 0 Å². The van der Waals surface area contributed by atoms with Crippen molar-refractivity contribution < 1.29 is 0 Å². The van der Waals surface area contributed by atoms with Crippen LogP contribution in [0.25, 0.3) is 10.8 Å². The van der Waals surface area contributed by atoms with Crippen LogP contribution in [0.5, 0.6) is 0 Å². The molecule has 2 nitrogen and oxygen atoms in total. The minimum Gasteiger partial charge on any atom is -0.366 e. The third kappa shape index (κ3) is 3.14. The Morgan fingerprint density at radius 1 is 0.643 bits per heavy atom. The molecule has 2 unspecified atom stereocenters. The fraction of sp³-hybridized carbons (Fsp3) is 0.0833. The standard InChI is InChI=1S/C24H18Cl2N2/c25-18-10-5-16(6-11-18)23-22-20-4-2-1-3-15(20)9-14-21(22)27-24(28-23)17-7-12-19(26)13-8-17/h1-14,23-24,27-28H. The summed E-state index contributed by atoms with van der Waals surface area (Å²) in [5, 5.41) is 11.4. The summed E-state index contributed by atoms with van der Waals surface area (Å²) in [6.45, 7) is 0. The van der Waals surface area contributed by atoms with Crippen molar-refractivity contribution >= 4 is 39.7 Å². The first-order valence-corrected chi connectivity index (χ1v) is 10.00. The summed E-state index contributed by atoms with van der Waals surface area (Å²) in [6.07, 6.45) is -0.0217. The molecule has 4 aromatic carbocycles. The lowest BCUT2D eigenvalue weighted by atomic mass is 9.89. The van der Waals surface area contributed by atoms with Crippen molar-refractivity contribution in [2.45, 2.75) is 12.2 Å². The lowest BCUT2D eigenvalue weighted by Crippen LogP contribution is -2.37. The van der Waals surface area contributed by atoms with Crippen molar-refractivity contribution in [1.29, 1.82) is 0 Å². The van der Waals surface area contributed by atoms with Crippen LogP contribution in [0.4, 0.5) is 5.69 Å². The maximum atomic E-state index is 6.14. The van der Waals surface area contributed by atoms with Gasteiger partial charge in [0, 0.05) is 21.3 Å². The van der Waals surface area contributed by atoms with Crippen molar-refractivity contribution in [3.8, 4) is 0 Å². The van der Waals surface area contributed by atoms with Gasteiger partial charge < -0.3 is 5.32 Å². The highest BCUT2D eigenvalue weighted by Gasteiger charge is 2.29. The van der Waals surface area contributed by atoms with Gasteiger partial charge in [0.25, 0.3) is 0 Å². The zero-order valence-electron chi connectivity index (χ0n) is 15.0. The molecule has 2 N–H and O–H groups in total. The molecule has 0 radical (unpaired) electrons. The van der Waals surface area contributed by atoms with Crippen LogP contribution in [0.15, 0.2) is 84.9 Å². The van der Waals surface area contributed by atoms with Gasteiger partial charge in [0.05, 0.1) is 6.04 Å². The first kappa shape index (κ1) is 17.6. The molecule has 0 saturated heterocycles. The number of benzene rings is 4. The summed E-state index contributed by atoms with van der Waals surface area (Å²) in [5.74, 6) is 0. The van der Waals surface area contributed by atoms with Gasteiger partial charge in [-0.25, -0.2) is 0 Å². The normalized spacial score (nSPS) is 18.5. The molecule has 0 amide bonds. The van der Waals surface area contributed by atoms with Gasteiger partial charge in [-0.3, -0.25) is 5.32 Å². The highest BCUT2D eigenvalue weighted by Crippen LogP contribution is 2.41. The molecule has 0 spiro atoms. The second-order valence-electron chi connectivity index (χ2n) is 7.03. The number of hydrogen-bond donors (Lipinski definition) is 2. The van der Waals surface area contributed by atoms with Crippen LogP contribution < -0.4 is 10.6 Å². The highest BCUT2D eigenvalue weighted by atomic mass is 35.5. The summed E-state index contributed by atoms with van der Waals surface area (Å²) in [6, 6.07) is 28.9. The number of fused-ring (bicyclic) bond motifs is 3. The predicted molar refractivity (Wildman–Crippen MR) is 118 cm³/mol. The zero-order valence-corrected chi connectivity index (χ0v) is 16.5. The number of anilines is 1. The van der Waals surface area contributed by atoms with E-state index in [1.54, 1.807) is 0 Å². The molecule has 0 aliphatic carbocycles. The first-order chi connectivity index (χ1) is 13.7. The first-order valence-electron chi connectivity index (χ1n) is 9.24. The van der Waals surface area contributed by atoms with Crippen LogP contribution in [0.1, 0.15) is 28.9 Å². The van der Waals surface area contributed by atoms with Crippen LogP contribution in [0.2, 0.25) is 10.0 Å². The minimum absolute atomic E-state index is 0.0217. The quantitative estimate of drug-likeness (QED) is 0.377. The van der Waals surface area contributed by atoms with Crippen molar-refractivity contribution in [3.63, 3.8) is 0 Å². The average molecular weight is 405 g/mol. The molecule has 4 heteroatoms. The van der Waals surface area contributed by atoms with Crippen LogP contribution >= 0.6 is 23.2 Å². The second-order valence-corrected chi connectivity index (χ2v) is 7.90. The Morgan fingerprint density at radius 3 is 2.00 bits per heavy atom. The van der Waals surface area contributed by atoms with E-state index in [0.717, 1.165) is 21.3 Å². The van der Waals surface area contributed by atoms with Crippen molar-refractivity contribution in [2.75, 3.05) is 5.32 Å². The topological polar surface area (TPSA) is 24.1 Å². The van der Waals surface area contributed by atoms with Crippen LogP contribution in [0.3, 0.4) is 0 Å². The fourth-order valence-electron chi connectivity index (χ4n) is 3.93. The number of halogens is 2. The molecule has 1 heterocycles. The predicted octanol–water partition coefficient (Wildman–Crippen LogP) is 6.95.